The van der Waals surface area contributed by atoms with Gasteiger partial charge < -0.3 is 10.1 Å². The van der Waals surface area contributed by atoms with E-state index in [2.05, 4.69) is 23.5 Å². The van der Waals surface area contributed by atoms with Gasteiger partial charge >= 0.3 is 0 Å². The van der Waals surface area contributed by atoms with E-state index in [1.807, 2.05) is 18.2 Å². The Bertz CT molecular complexity index is 605. The quantitative estimate of drug-likeness (QED) is 0.870. The van der Waals surface area contributed by atoms with Gasteiger partial charge in [0, 0.05) is 19.7 Å². The van der Waals surface area contributed by atoms with Gasteiger partial charge in [0.05, 0.1) is 6.61 Å². The van der Waals surface area contributed by atoms with Gasteiger partial charge in [-0.05, 0) is 47.6 Å². The summed E-state index contributed by atoms with van der Waals surface area (Å²) in [6.07, 6.45) is 2.25. The van der Waals surface area contributed by atoms with E-state index in [1.54, 1.807) is 19.2 Å². The normalized spacial score (nSPS) is 20.6. The van der Waals surface area contributed by atoms with Crippen LogP contribution in [0.1, 0.15) is 35.4 Å². The van der Waals surface area contributed by atoms with E-state index in [4.69, 9.17) is 4.74 Å². The summed E-state index contributed by atoms with van der Waals surface area (Å²) in [6, 6.07) is 15.8. The highest BCUT2D eigenvalue weighted by molar-refractivity contribution is 5.27. The second-order valence-electron chi connectivity index (χ2n) is 6.00. The number of benzene rings is 2. The molecule has 0 spiro atoms. The Morgan fingerprint density at radius 1 is 1.05 bits per heavy atom. The fraction of sp³-hybridized carbons (Fsp3) is 0.368. The standard InChI is InChI=1S/C19H22FNO/c1-22-13-16-5-3-2-4-15(16)12-21-19-10-17(11-19)14-6-8-18(20)9-7-14/h2-9,17,19,21H,10-13H2,1H3. The molecule has 1 fully saturated rings. The predicted molar refractivity (Wildman–Crippen MR) is 86.2 cm³/mol. The molecule has 2 aromatic carbocycles. The maximum Gasteiger partial charge on any atom is 0.123 e. The highest BCUT2D eigenvalue weighted by Gasteiger charge is 2.29. The average molecular weight is 299 g/mol. The van der Waals surface area contributed by atoms with Crippen LogP contribution in [0, 0.1) is 5.82 Å². The topological polar surface area (TPSA) is 21.3 Å². The van der Waals surface area contributed by atoms with E-state index in [0.29, 0.717) is 18.6 Å². The van der Waals surface area contributed by atoms with Crippen molar-refractivity contribution < 1.29 is 9.13 Å². The Morgan fingerprint density at radius 2 is 1.73 bits per heavy atom. The molecule has 0 aliphatic heterocycles. The zero-order valence-corrected chi connectivity index (χ0v) is 12.9. The van der Waals surface area contributed by atoms with Gasteiger partial charge in [-0.25, -0.2) is 4.39 Å². The number of rotatable bonds is 6. The smallest absolute Gasteiger partial charge is 0.123 e. The molecule has 0 heterocycles. The lowest BCUT2D eigenvalue weighted by Gasteiger charge is -2.36. The molecule has 2 nitrogen and oxygen atoms in total. The van der Waals surface area contributed by atoms with Gasteiger partial charge in [-0.1, -0.05) is 36.4 Å². The van der Waals surface area contributed by atoms with Crippen LogP contribution in [0.25, 0.3) is 0 Å². The van der Waals surface area contributed by atoms with Crippen LogP contribution < -0.4 is 5.32 Å². The predicted octanol–water partition coefficient (Wildman–Crippen LogP) is 4.01. The van der Waals surface area contributed by atoms with Crippen LogP contribution in [0.5, 0.6) is 0 Å². The lowest BCUT2D eigenvalue weighted by molar-refractivity contribution is 0.183. The van der Waals surface area contributed by atoms with E-state index in [0.717, 1.165) is 19.4 Å². The minimum Gasteiger partial charge on any atom is -0.380 e. The Hall–Kier alpha value is -1.71. The van der Waals surface area contributed by atoms with Crippen molar-refractivity contribution in [1.29, 1.82) is 0 Å². The van der Waals surface area contributed by atoms with E-state index < -0.39 is 0 Å². The Kier molecular flexibility index (Phi) is 4.86. The molecular formula is C19H22FNO. The van der Waals surface area contributed by atoms with Crippen LogP contribution in [-0.4, -0.2) is 13.2 Å². The molecular weight excluding hydrogens is 277 g/mol. The van der Waals surface area contributed by atoms with Crippen molar-refractivity contribution in [2.24, 2.45) is 0 Å². The first-order chi connectivity index (χ1) is 10.8. The van der Waals surface area contributed by atoms with Gasteiger partial charge in [0.2, 0.25) is 0 Å². The van der Waals surface area contributed by atoms with E-state index in [9.17, 15) is 4.39 Å². The Balaban J connectivity index is 1.49. The molecule has 0 aromatic heterocycles. The number of ether oxygens (including phenoxy) is 1. The van der Waals surface area contributed by atoms with E-state index in [-0.39, 0.29) is 5.82 Å². The summed E-state index contributed by atoms with van der Waals surface area (Å²) in [5, 5.41) is 3.62. The molecule has 2 aromatic rings. The molecule has 3 heteroatoms. The first-order valence-electron chi connectivity index (χ1n) is 7.81. The zero-order valence-electron chi connectivity index (χ0n) is 12.9. The van der Waals surface area contributed by atoms with Crippen LogP contribution >= 0.6 is 0 Å². The number of hydrogen-bond acceptors (Lipinski definition) is 2. The van der Waals surface area contributed by atoms with Crippen LogP contribution in [0.3, 0.4) is 0 Å². The second kappa shape index (κ2) is 7.03. The van der Waals surface area contributed by atoms with Crippen LogP contribution in [0.15, 0.2) is 48.5 Å². The summed E-state index contributed by atoms with van der Waals surface area (Å²) in [5.74, 6) is 0.403. The highest BCUT2D eigenvalue weighted by atomic mass is 19.1. The molecule has 0 unspecified atom stereocenters. The lowest BCUT2D eigenvalue weighted by Crippen LogP contribution is -2.39. The third-order valence-corrected chi connectivity index (χ3v) is 4.48. The summed E-state index contributed by atoms with van der Waals surface area (Å²) in [5.41, 5.74) is 3.79. The van der Waals surface area contributed by atoms with Crippen LogP contribution in [0.4, 0.5) is 4.39 Å². The summed E-state index contributed by atoms with van der Waals surface area (Å²) in [6.45, 7) is 1.53. The summed E-state index contributed by atoms with van der Waals surface area (Å²) in [7, 11) is 1.73. The molecule has 0 radical (unpaired) electrons. The SMILES string of the molecule is COCc1ccccc1CNC1CC(c2ccc(F)cc2)C1. The monoisotopic (exact) mass is 299 g/mol. The third-order valence-electron chi connectivity index (χ3n) is 4.48. The first kappa shape index (κ1) is 15.2. The highest BCUT2D eigenvalue weighted by Crippen LogP contribution is 2.37. The van der Waals surface area contributed by atoms with Crippen molar-refractivity contribution in [3.8, 4) is 0 Å². The molecule has 1 aliphatic carbocycles. The van der Waals surface area contributed by atoms with Crippen molar-refractivity contribution in [1.82, 2.24) is 5.32 Å². The summed E-state index contributed by atoms with van der Waals surface area (Å²) >= 11 is 0. The number of methoxy groups -OCH3 is 1. The van der Waals surface area contributed by atoms with Crippen molar-refractivity contribution >= 4 is 0 Å². The number of hydrogen-bond donors (Lipinski definition) is 1. The van der Waals surface area contributed by atoms with Crippen LogP contribution in [-0.2, 0) is 17.9 Å². The molecule has 1 aliphatic rings. The van der Waals surface area contributed by atoms with Gasteiger partial charge in [-0.15, -0.1) is 0 Å². The fourth-order valence-corrected chi connectivity index (χ4v) is 3.07. The minimum atomic E-state index is -0.160. The van der Waals surface area contributed by atoms with Crippen LogP contribution in [0.2, 0.25) is 0 Å². The molecule has 0 amide bonds. The van der Waals surface area contributed by atoms with Crippen molar-refractivity contribution in [2.75, 3.05) is 7.11 Å². The van der Waals surface area contributed by atoms with Gasteiger partial charge in [-0.3, -0.25) is 0 Å². The number of nitrogens with one attached hydrogen (secondary N) is 1. The van der Waals surface area contributed by atoms with Crippen molar-refractivity contribution in [3.63, 3.8) is 0 Å². The molecule has 0 bridgehead atoms. The molecule has 116 valence electrons. The van der Waals surface area contributed by atoms with E-state index in [1.165, 1.54) is 16.7 Å². The zero-order chi connectivity index (χ0) is 15.4. The fourth-order valence-electron chi connectivity index (χ4n) is 3.07. The molecule has 1 saturated carbocycles. The largest absolute Gasteiger partial charge is 0.380 e. The molecule has 3 rings (SSSR count). The third kappa shape index (κ3) is 3.54. The van der Waals surface area contributed by atoms with Crippen molar-refractivity contribution in [2.45, 2.75) is 38.0 Å². The maximum absolute atomic E-state index is 12.9. The van der Waals surface area contributed by atoms with E-state index >= 15 is 0 Å². The molecule has 22 heavy (non-hydrogen) atoms. The lowest BCUT2D eigenvalue weighted by atomic mass is 9.76. The molecule has 0 saturated heterocycles. The van der Waals surface area contributed by atoms with Gasteiger partial charge in [0.15, 0.2) is 0 Å². The molecule has 0 atom stereocenters. The van der Waals surface area contributed by atoms with Crippen molar-refractivity contribution in [3.05, 3.63) is 71.0 Å². The second-order valence-corrected chi connectivity index (χ2v) is 6.00. The Morgan fingerprint density at radius 3 is 2.41 bits per heavy atom. The summed E-state index contributed by atoms with van der Waals surface area (Å²) in [4.78, 5) is 0. The Labute approximate surface area is 131 Å². The maximum atomic E-state index is 12.9. The minimum absolute atomic E-state index is 0.160. The molecule has 1 N–H and O–H groups in total. The number of halogens is 1. The average Bonchev–Trinajstić information content (AvgIpc) is 2.49. The first-order valence-corrected chi connectivity index (χ1v) is 7.81. The van der Waals surface area contributed by atoms with Gasteiger partial charge in [-0.2, -0.15) is 0 Å². The summed E-state index contributed by atoms with van der Waals surface area (Å²) < 4.78 is 18.2. The van der Waals surface area contributed by atoms with Gasteiger partial charge in [0.25, 0.3) is 0 Å². The van der Waals surface area contributed by atoms with Gasteiger partial charge in [0.1, 0.15) is 5.82 Å².